The van der Waals surface area contributed by atoms with Crippen LogP contribution in [0.1, 0.15) is 0 Å². The van der Waals surface area contributed by atoms with E-state index in [-0.39, 0.29) is 9.37 Å². The van der Waals surface area contributed by atoms with Gasteiger partial charge in [0, 0.05) is 4.47 Å². The summed E-state index contributed by atoms with van der Waals surface area (Å²) in [5, 5.41) is 0. The Labute approximate surface area is 106 Å². The molecule has 0 saturated carbocycles. The first-order chi connectivity index (χ1) is 7.86. The van der Waals surface area contributed by atoms with Crippen LogP contribution in [0.25, 0.3) is 0 Å². The van der Waals surface area contributed by atoms with Crippen molar-refractivity contribution in [2.75, 3.05) is 13.7 Å². The second-order valence-electron chi connectivity index (χ2n) is 2.98. The highest BCUT2D eigenvalue weighted by Crippen LogP contribution is 2.22. The third kappa shape index (κ3) is 3.76. The van der Waals surface area contributed by atoms with E-state index in [9.17, 15) is 17.6 Å². The number of benzene rings is 1. The van der Waals surface area contributed by atoms with Gasteiger partial charge in [-0.2, -0.15) is 4.72 Å². The normalized spacial score (nSPS) is 11.2. The Hall–Kier alpha value is -0.990. The molecule has 94 valence electrons. The predicted molar refractivity (Wildman–Crippen MR) is 61.3 cm³/mol. The van der Waals surface area contributed by atoms with Crippen LogP contribution in [0.3, 0.4) is 0 Å². The number of rotatable bonds is 4. The Morgan fingerprint density at radius 1 is 1.53 bits per heavy atom. The zero-order chi connectivity index (χ0) is 13.1. The van der Waals surface area contributed by atoms with E-state index in [1.807, 2.05) is 4.72 Å². The first-order valence-corrected chi connectivity index (χ1v) is 6.66. The maximum Gasteiger partial charge on any atom is 0.320 e. The summed E-state index contributed by atoms with van der Waals surface area (Å²) >= 11 is 2.93. The van der Waals surface area contributed by atoms with Crippen LogP contribution in [0, 0.1) is 5.82 Å². The molecule has 0 saturated heterocycles. The molecular weight excluding hydrogens is 317 g/mol. The lowest BCUT2D eigenvalue weighted by Crippen LogP contribution is -2.30. The van der Waals surface area contributed by atoms with Crippen molar-refractivity contribution < 1.29 is 22.3 Å². The van der Waals surface area contributed by atoms with Crippen molar-refractivity contribution in [3.63, 3.8) is 0 Å². The van der Waals surface area contributed by atoms with Crippen LogP contribution in [-0.4, -0.2) is 28.0 Å². The van der Waals surface area contributed by atoms with Gasteiger partial charge in [0.1, 0.15) is 12.4 Å². The minimum Gasteiger partial charge on any atom is -0.468 e. The Bertz CT molecular complexity index is 532. The highest BCUT2D eigenvalue weighted by Gasteiger charge is 2.19. The molecule has 1 aromatic rings. The maximum absolute atomic E-state index is 12.8. The number of ether oxygens (including phenoxy) is 1. The number of carbonyl (C=O) groups is 1. The number of sulfonamides is 1. The van der Waals surface area contributed by atoms with Crippen LogP contribution in [0.15, 0.2) is 27.6 Å². The first-order valence-electron chi connectivity index (χ1n) is 4.38. The van der Waals surface area contributed by atoms with Crippen molar-refractivity contribution in [2.45, 2.75) is 4.90 Å². The first kappa shape index (κ1) is 14.1. The third-order valence-electron chi connectivity index (χ3n) is 1.82. The summed E-state index contributed by atoms with van der Waals surface area (Å²) in [6.45, 7) is -0.483. The zero-order valence-electron chi connectivity index (χ0n) is 8.74. The summed E-state index contributed by atoms with van der Waals surface area (Å²) in [6, 6.07) is 3.13. The van der Waals surface area contributed by atoms with E-state index >= 15 is 0 Å². The molecule has 8 heteroatoms. The molecule has 1 N–H and O–H groups in total. The standard InChI is InChI=1S/C9H9BrFNO4S/c1-16-9(13)5-12-17(14,15)8-3-2-6(11)4-7(8)10/h2-4,12H,5H2,1H3. The number of carbonyl (C=O) groups excluding carboxylic acids is 1. The van der Waals surface area contributed by atoms with Gasteiger partial charge < -0.3 is 4.74 Å². The summed E-state index contributed by atoms with van der Waals surface area (Å²) in [6.07, 6.45) is 0. The van der Waals surface area contributed by atoms with Gasteiger partial charge in [0.05, 0.1) is 12.0 Å². The maximum atomic E-state index is 12.8. The molecule has 17 heavy (non-hydrogen) atoms. The second kappa shape index (κ2) is 5.56. The lowest BCUT2D eigenvalue weighted by atomic mass is 10.3. The Morgan fingerprint density at radius 2 is 2.18 bits per heavy atom. The fourth-order valence-electron chi connectivity index (χ4n) is 0.997. The van der Waals surface area contributed by atoms with Gasteiger partial charge in [-0.15, -0.1) is 0 Å². The summed E-state index contributed by atoms with van der Waals surface area (Å²) < 4.78 is 42.6. The van der Waals surface area contributed by atoms with Crippen molar-refractivity contribution in [1.29, 1.82) is 0 Å². The van der Waals surface area contributed by atoms with Crippen molar-refractivity contribution in [2.24, 2.45) is 0 Å². The van der Waals surface area contributed by atoms with Crippen molar-refractivity contribution in [3.05, 3.63) is 28.5 Å². The molecule has 0 amide bonds. The number of halogens is 2. The monoisotopic (exact) mass is 325 g/mol. The molecule has 0 heterocycles. The number of methoxy groups -OCH3 is 1. The fourth-order valence-corrected chi connectivity index (χ4v) is 3.01. The van der Waals surface area contributed by atoms with Crippen molar-refractivity contribution in [1.82, 2.24) is 4.72 Å². The molecule has 0 aliphatic rings. The zero-order valence-corrected chi connectivity index (χ0v) is 11.1. The number of hydrogen-bond donors (Lipinski definition) is 1. The van der Waals surface area contributed by atoms with E-state index in [1.165, 1.54) is 0 Å². The number of nitrogens with one attached hydrogen (secondary N) is 1. The van der Waals surface area contributed by atoms with Crippen molar-refractivity contribution in [3.8, 4) is 0 Å². The minimum absolute atomic E-state index is 0.0786. The molecular formula is C9H9BrFNO4S. The molecule has 0 radical (unpaired) electrons. The van der Waals surface area contributed by atoms with Crippen LogP contribution >= 0.6 is 15.9 Å². The van der Waals surface area contributed by atoms with Crippen LogP contribution in [0.4, 0.5) is 4.39 Å². The lowest BCUT2D eigenvalue weighted by Gasteiger charge is -2.07. The molecule has 0 fully saturated rings. The lowest BCUT2D eigenvalue weighted by molar-refractivity contribution is -0.139. The molecule has 0 aromatic heterocycles. The van der Waals surface area contributed by atoms with Gasteiger partial charge >= 0.3 is 5.97 Å². The predicted octanol–water partition coefficient (Wildman–Crippen LogP) is 1.04. The number of hydrogen-bond acceptors (Lipinski definition) is 4. The van der Waals surface area contributed by atoms with E-state index in [0.717, 1.165) is 25.3 Å². The SMILES string of the molecule is COC(=O)CNS(=O)(=O)c1ccc(F)cc1Br. The smallest absolute Gasteiger partial charge is 0.320 e. The van der Waals surface area contributed by atoms with E-state index in [4.69, 9.17) is 0 Å². The van der Waals surface area contributed by atoms with Crippen molar-refractivity contribution >= 4 is 31.9 Å². The van der Waals surface area contributed by atoms with E-state index in [1.54, 1.807) is 0 Å². The van der Waals surface area contributed by atoms with Crippen LogP contribution in [-0.2, 0) is 19.6 Å². The highest BCUT2D eigenvalue weighted by atomic mass is 79.9. The van der Waals surface area contributed by atoms with Gasteiger partial charge in [0.25, 0.3) is 0 Å². The van der Waals surface area contributed by atoms with E-state index < -0.39 is 28.4 Å². The molecule has 0 atom stereocenters. The Balaban J connectivity index is 2.94. The van der Waals surface area contributed by atoms with Gasteiger partial charge in [-0.05, 0) is 34.1 Å². The molecule has 0 aliphatic carbocycles. The summed E-state index contributed by atoms with van der Waals surface area (Å²) in [5.41, 5.74) is 0. The van der Waals surface area contributed by atoms with Gasteiger partial charge in [-0.25, -0.2) is 12.8 Å². The van der Waals surface area contributed by atoms with Gasteiger partial charge in [0.2, 0.25) is 10.0 Å². The molecule has 5 nitrogen and oxygen atoms in total. The Kier molecular flexibility index (Phi) is 4.61. The third-order valence-corrected chi connectivity index (χ3v) is 4.20. The van der Waals surface area contributed by atoms with Gasteiger partial charge in [0.15, 0.2) is 0 Å². The van der Waals surface area contributed by atoms with E-state index in [0.29, 0.717) is 0 Å². The van der Waals surface area contributed by atoms with Crippen LogP contribution < -0.4 is 4.72 Å². The topological polar surface area (TPSA) is 72.5 Å². The number of esters is 1. The molecule has 1 aromatic carbocycles. The average Bonchev–Trinajstić information content (AvgIpc) is 2.25. The Morgan fingerprint density at radius 3 is 2.71 bits per heavy atom. The highest BCUT2D eigenvalue weighted by molar-refractivity contribution is 9.10. The fraction of sp³-hybridized carbons (Fsp3) is 0.222. The molecule has 0 unspecified atom stereocenters. The second-order valence-corrected chi connectivity index (χ2v) is 5.57. The van der Waals surface area contributed by atoms with Gasteiger partial charge in [-0.3, -0.25) is 4.79 Å². The molecule has 0 bridgehead atoms. The average molecular weight is 326 g/mol. The largest absolute Gasteiger partial charge is 0.468 e. The molecule has 0 aliphatic heterocycles. The summed E-state index contributed by atoms with van der Waals surface area (Å²) in [5.74, 6) is -1.28. The molecule has 1 rings (SSSR count). The summed E-state index contributed by atoms with van der Waals surface area (Å²) in [7, 11) is -2.73. The van der Waals surface area contributed by atoms with Crippen LogP contribution in [0.5, 0.6) is 0 Å². The minimum atomic E-state index is -3.88. The van der Waals surface area contributed by atoms with Crippen LogP contribution in [0.2, 0.25) is 0 Å². The van der Waals surface area contributed by atoms with E-state index in [2.05, 4.69) is 20.7 Å². The summed E-state index contributed by atoms with van der Waals surface area (Å²) in [4.78, 5) is 10.7. The van der Waals surface area contributed by atoms with Gasteiger partial charge in [-0.1, -0.05) is 0 Å². The quantitative estimate of drug-likeness (QED) is 0.839. The molecule has 0 spiro atoms.